The molecule has 0 aliphatic rings. The third-order valence-corrected chi connectivity index (χ3v) is 2.70. The number of aliphatic hydroxyl groups is 1. The van der Waals surface area contributed by atoms with Crippen molar-refractivity contribution >= 4 is 0 Å². The maximum Gasteiger partial charge on any atom is 0.0468 e. The van der Waals surface area contributed by atoms with Crippen molar-refractivity contribution in [3.8, 4) is 0 Å². The van der Waals surface area contributed by atoms with Crippen molar-refractivity contribution in [2.24, 2.45) is 5.92 Å². The lowest BCUT2D eigenvalue weighted by atomic mass is 10.1. The van der Waals surface area contributed by atoms with E-state index in [0.717, 1.165) is 13.1 Å². The topological polar surface area (TPSA) is 32.3 Å². The molecule has 84 valence electrons. The van der Waals surface area contributed by atoms with Crippen molar-refractivity contribution < 1.29 is 5.11 Å². The lowest BCUT2D eigenvalue weighted by Gasteiger charge is -2.10. The molecule has 0 fully saturated rings. The zero-order valence-electron chi connectivity index (χ0n) is 9.88. The van der Waals surface area contributed by atoms with Crippen LogP contribution in [0, 0.1) is 19.8 Å². The molecule has 0 spiro atoms. The minimum absolute atomic E-state index is 0.250. The molecule has 0 radical (unpaired) electrons. The largest absolute Gasteiger partial charge is 0.396 e. The van der Waals surface area contributed by atoms with Crippen molar-refractivity contribution in [2.45, 2.75) is 27.3 Å². The average Bonchev–Trinajstić information content (AvgIpc) is 2.23. The zero-order valence-corrected chi connectivity index (χ0v) is 9.88. The van der Waals surface area contributed by atoms with Crippen LogP contribution in [-0.2, 0) is 6.54 Å². The second-order valence-electron chi connectivity index (χ2n) is 4.34. The van der Waals surface area contributed by atoms with E-state index in [2.05, 4.69) is 37.4 Å². The minimum atomic E-state index is 0.250. The van der Waals surface area contributed by atoms with Crippen LogP contribution >= 0.6 is 0 Å². The Morgan fingerprint density at radius 2 is 2.00 bits per heavy atom. The predicted molar refractivity (Wildman–Crippen MR) is 63.9 cm³/mol. The molecule has 0 aliphatic carbocycles. The second-order valence-corrected chi connectivity index (χ2v) is 4.34. The molecule has 0 heterocycles. The first-order valence-corrected chi connectivity index (χ1v) is 5.51. The lowest BCUT2D eigenvalue weighted by molar-refractivity contribution is 0.233. The minimum Gasteiger partial charge on any atom is -0.396 e. The van der Waals surface area contributed by atoms with E-state index in [1.54, 1.807) is 0 Å². The van der Waals surface area contributed by atoms with Gasteiger partial charge in [-0.1, -0.05) is 25.1 Å². The van der Waals surface area contributed by atoms with Crippen LogP contribution in [0.4, 0.5) is 0 Å². The van der Waals surface area contributed by atoms with Gasteiger partial charge in [0.15, 0.2) is 0 Å². The lowest BCUT2D eigenvalue weighted by Crippen LogP contribution is -2.22. The van der Waals surface area contributed by atoms with Crippen LogP contribution in [0.3, 0.4) is 0 Å². The van der Waals surface area contributed by atoms with Gasteiger partial charge in [0.25, 0.3) is 0 Å². The SMILES string of the molecule is Cc1ccc(CNCC(C)CO)cc1C. The highest BCUT2D eigenvalue weighted by atomic mass is 16.3. The number of nitrogens with one attached hydrogen (secondary N) is 1. The van der Waals surface area contributed by atoms with Crippen molar-refractivity contribution in [1.29, 1.82) is 0 Å². The molecule has 0 amide bonds. The van der Waals surface area contributed by atoms with Crippen LogP contribution in [0.1, 0.15) is 23.6 Å². The molecule has 1 aromatic carbocycles. The van der Waals surface area contributed by atoms with Gasteiger partial charge in [0.2, 0.25) is 0 Å². The van der Waals surface area contributed by atoms with E-state index in [1.165, 1.54) is 16.7 Å². The van der Waals surface area contributed by atoms with Crippen molar-refractivity contribution in [3.63, 3.8) is 0 Å². The van der Waals surface area contributed by atoms with E-state index in [4.69, 9.17) is 5.11 Å². The maximum absolute atomic E-state index is 8.87. The molecule has 0 aliphatic heterocycles. The van der Waals surface area contributed by atoms with E-state index < -0.39 is 0 Å². The van der Waals surface area contributed by atoms with Crippen LogP contribution in [0.25, 0.3) is 0 Å². The van der Waals surface area contributed by atoms with Crippen LogP contribution in [-0.4, -0.2) is 18.3 Å². The van der Waals surface area contributed by atoms with Gasteiger partial charge in [-0.05, 0) is 36.5 Å². The monoisotopic (exact) mass is 207 g/mol. The normalized spacial score (nSPS) is 12.8. The van der Waals surface area contributed by atoms with Gasteiger partial charge in [-0.15, -0.1) is 0 Å². The van der Waals surface area contributed by atoms with Gasteiger partial charge in [0, 0.05) is 19.7 Å². The Bertz CT molecular complexity index is 309. The number of aliphatic hydroxyl groups excluding tert-OH is 1. The molecule has 0 aromatic heterocycles. The van der Waals surface area contributed by atoms with Gasteiger partial charge < -0.3 is 10.4 Å². The van der Waals surface area contributed by atoms with E-state index in [9.17, 15) is 0 Å². The van der Waals surface area contributed by atoms with Gasteiger partial charge in [0.1, 0.15) is 0 Å². The van der Waals surface area contributed by atoms with Crippen LogP contribution in [0.15, 0.2) is 18.2 Å². The van der Waals surface area contributed by atoms with Crippen LogP contribution in [0.2, 0.25) is 0 Å². The molecule has 15 heavy (non-hydrogen) atoms. The Balaban J connectivity index is 2.41. The van der Waals surface area contributed by atoms with Gasteiger partial charge in [-0.3, -0.25) is 0 Å². The molecule has 1 atom stereocenters. The second kappa shape index (κ2) is 5.89. The Morgan fingerprint density at radius 1 is 1.27 bits per heavy atom. The highest BCUT2D eigenvalue weighted by Gasteiger charge is 2.00. The highest BCUT2D eigenvalue weighted by Crippen LogP contribution is 2.09. The summed E-state index contributed by atoms with van der Waals surface area (Å²) in [6, 6.07) is 6.52. The third-order valence-electron chi connectivity index (χ3n) is 2.70. The average molecular weight is 207 g/mol. The molecule has 0 bridgehead atoms. The Morgan fingerprint density at radius 3 is 2.60 bits per heavy atom. The molecule has 1 unspecified atom stereocenters. The van der Waals surface area contributed by atoms with E-state index >= 15 is 0 Å². The summed E-state index contributed by atoms with van der Waals surface area (Å²) in [5.74, 6) is 0.330. The summed E-state index contributed by atoms with van der Waals surface area (Å²) in [5, 5.41) is 12.2. The smallest absolute Gasteiger partial charge is 0.0468 e. The summed E-state index contributed by atoms with van der Waals surface area (Å²) in [6.45, 7) is 8.29. The number of hydrogen-bond acceptors (Lipinski definition) is 2. The predicted octanol–water partition coefficient (Wildman–Crippen LogP) is 2.02. The molecule has 2 nitrogen and oxygen atoms in total. The quantitative estimate of drug-likeness (QED) is 0.774. The zero-order chi connectivity index (χ0) is 11.3. The Kier molecular flexibility index (Phi) is 4.79. The van der Waals surface area contributed by atoms with Gasteiger partial charge >= 0.3 is 0 Å². The standard InChI is InChI=1S/C13H21NO/c1-10(9-15)7-14-8-13-5-4-11(2)12(3)6-13/h4-6,10,14-15H,7-9H2,1-3H3. The summed E-state index contributed by atoms with van der Waals surface area (Å²) in [4.78, 5) is 0. The fourth-order valence-corrected chi connectivity index (χ4v) is 1.44. The Labute approximate surface area is 92.3 Å². The number of aryl methyl sites for hydroxylation is 2. The molecule has 2 heteroatoms. The molecular weight excluding hydrogens is 186 g/mol. The van der Waals surface area contributed by atoms with Crippen molar-refractivity contribution in [2.75, 3.05) is 13.2 Å². The van der Waals surface area contributed by atoms with Gasteiger partial charge in [-0.2, -0.15) is 0 Å². The van der Waals surface area contributed by atoms with Crippen molar-refractivity contribution in [3.05, 3.63) is 34.9 Å². The number of rotatable bonds is 5. The van der Waals surface area contributed by atoms with Crippen LogP contribution < -0.4 is 5.32 Å². The van der Waals surface area contributed by atoms with E-state index in [1.807, 2.05) is 6.92 Å². The summed E-state index contributed by atoms with van der Waals surface area (Å²) >= 11 is 0. The van der Waals surface area contributed by atoms with Crippen LogP contribution in [0.5, 0.6) is 0 Å². The summed E-state index contributed by atoms with van der Waals surface area (Å²) in [6.07, 6.45) is 0. The fraction of sp³-hybridized carbons (Fsp3) is 0.538. The first-order chi connectivity index (χ1) is 7.13. The molecule has 0 saturated carbocycles. The molecular formula is C13H21NO. The molecule has 1 rings (SSSR count). The fourth-order valence-electron chi connectivity index (χ4n) is 1.44. The van der Waals surface area contributed by atoms with E-state index in [-0.39, 0.29) is 6.61 Å². The maximum atomic E-state index is 8.87. The molecule has 1 aromatic rings. The first kappa shape index (κ1) is 12.2. The third kappa shape index (κ3) is 4.02. The molecule has 0 saturated heterocycles. The van der Waals surface area contributed by atoms with Gasteiger partial charge in [-0.25, -0.2) is 0 Å². The number of benzene rings is 1. The molecule has 2 N–H and O–H groups in total. The first-order valence-electron chi connectivity index (χ1n) is 5.51. The van der Waals surface area contributed by atoms with Gasteiger partial charge in [0.05, 0.1) is 0 Å². The highest BCUT2D eigenvalue weighted by molar-refractivity contribution is 5.29. The van der Waals surface area contributed by atoms with Crippen molar-refractivity contribution in [1.82, 2.24) is 5.32 Å². The summed E-state index contributed by atoms with van der Waals surface area (Å²) in [5.41, 5.74) is 3.98. The Hall–Kier alpha value is -0.860. The number of hydrogen-bond donors (Lipinski definition) is 2. The summed E-state index contributed by atoms with van der Waals surface area (Å²) in [7, 11) is 0. The summed E-state index contributed by atoms with van der Waals surface area (Å²) < 4.78 is 0. The van der Waals surface area contributed by atoms with E-state index in [0.29, 0.717) is 5.92 Å².